The number of carbonyl (C=O) groups excluding carboxylic acids is 2. The fraction of sp³-hybridized carbons (Fsp3) is 0.429. The van der Waals surface area contributed by atoms with Crippen LogP contribution in [0.4, 0.5) is 11.4 Å². The second kappa shape index (κ2) is 6.78. The Morgan fingerprint density at radius 2 is 2.19 bits per heavy atom. The minimum Gasteiger partial charge on any atom is -0.397 e. The van der Waals surface area contributed by atoms with Crippen molar-refractivity contribution >= 4 is 34.8 Å². The number of benzene rings is 1. The van der Waals surface area contributed by atoms with Gasteiger partial charge in [0.25, 0.3) is 0 Å². The lowest BCUT2D eigenvalue weighted by molar-refractivity contribution is -0.130. The van der Waals surface area contributed by atoms with Crippen molar-refractivity contribution in [2.75, 3.05) is 44.3 Å². The van der Waals surface area contributed by atoms with E-state index in [1.54, 1.807) is 30.1 Å². The number of anilines is 2. The molecule has 21 heavy (non-hydrogen) atoms. The van der Waals surface area contributed by atoms with Gasteiger partial charge in [0.15, 0.2) is 0 Å². The number of nitrogens with one attached hydrogen (secondary N) is 1. The number of hydrogen-bond acceptors (Lipinski definition) is 4. The molecule has 1 aromatic carbocycles. The summed E-state index contributed by atoms with van der Waals surface area (Å²) in [6, 6.07) is 4.94. The minimum absolute atomic E-state index is 0.0380. The second-order valence-electron chi connectivity index (χ2n) is 5.16. The van der Waals surface area contributed by atoms with E-state index in [9.17, 15) is 9.59 Å². The normalized spacial score (nSPS) is 16.7. The molecular formula is C14H19ClN4O2. The van der Waals surface area contributed by atoms with Crippen molar-refractivity contribution < 1.29 is 9.59 Å². The smallest absolute Gasteiger partial charge is 0.238 e. The van der Waals surface area contributed by atoms with Gasteiger partial charge in [-0.15, -0.1) is 0 Å². The number of nitrogens with zero attached hydrogens (tertiary/aromatic N) is 2. The average Bonchev–Trinajstić information content (AvgIpc) is 2.56. The van der Waals surface area contributed by atoms with E-state index in [1.807, 2.05) is 4.90 Å². The molecule has 1 aliphatic heterocycles. The molecule has 0 atom stereocenters. The highest BCUT2D eigenvalue weighted by molar-refractivity contribution is 6.33. The molecule has 3 N–H and O–H groups in total. The van der Waals surface area contributed by atoms with Gasteiger partial charge in [-0.3, -0.25) is 14.5 Å². The van der Waals surface area contributed by atoms with Gasteiger partial charge < -0.3 is 16.0 Å². The van der Waals surface area contributed by atoms with E-state index in [-0.39, 0.29) is 24.9 Å². The minimum atomic E-state index is -0.172. The van der Waals surface area contributed by atoms with E-state index in [2.05, 4.69) is 5.32 Å². The molecule has 1 fully saturated rings. The van der Waals surface area contributed by atoms with Crippen LogP contribution >= 0.6 is 11.6 Å². The third-order valence-corrected chi connectivity index (χ3v) is 3.74. The molecule has 6 nitrogen and oxygen atoms in total. The first-order valence-corrected chi connectivity index (χ1v) is 7.14. The number of nitrogen functional groups attached to an aromatic ring is 1. The summed E-state index contributed by atoms with van der Waals surface area (Å²) in [6.07, 6.45) is 0.864. The highest BCUT2D eigenvalue weighted by Gasteiger charge is 2.20. The molecule has 2 rings (SSSR count). The van der Waals surface area contributed by atoms with Crippen LogP contribution in [-0.2, 0) is 9.59 Å². The van der Waals surface area contributed by atoms with Crippen molar-refractivity contribution in [3.63, 3.8) is 0 Å². The maximum atomic E-state index is 12.0. The molecular weight excluding hydrogens is 292 g/mol. The lowest BCUT2D eigenvalue weighted by atomic mass is 10.2. The van der Waals surface area contributed by atoms with Crippen LogP contribution in [0.2, 0.25) is 5.02 Å². The van der Waals surface area contributed by atoms with Gasteiger partial charge >= 0.3 is 0 Å². The molecule has 0 spiro atoms. The largest absolute Gasteiger partial charge is 0.397 e. The third kappa shape index (κ3) is 4.34. The molecule has 0 unspecified atom stereocenters. The molecule has 0 aliphatic carbocycles. The number of nitrogens with two attached hydrogens (primary N) is 1. The lowest BCUT2D eigenvalue weighted by Gasteiger charge is -2.18. The van der Waals surface area contributed by atoms with Gasteiger partial charge in [0.2, 0.25) is 11.8 Å². The van der Waals surface area contributed by atoms with Gasteiger partial charge in [-0.2, -0.15) is 0 Å². The summed E-state index contributed by atoms with van der Waals surface area (Å²) < 4.78 is 0. The topological polar surface area (TPSA) is 78.7 Å². The first-order chi connectivity index (χ1) is 9.95. The van der Waals surface area contributed by atoms with Crippen molar-refractivity contribution in [1.82, 2.24) is 9.80 Å². The van der Waals surface area contributed by atoms with E-state index in [4.69, 9.17) is 17.3 Å². The monoisotopic (exact) mass is 310 g/mol. The van der Waals surface area contributed by atoms with Crippen LogP contribution in [0.15, 0.2) is 18.2 Å². The van der Waals surface area contributed by atoms with Gasteiger partial charge in [-0.1, -0.05) is 11.6 Å². The van der Waals surface area contributed by atoms with E-state index in [1.165, 1.54) is 0 Å². The third-order valence-electron chi connectivity index (χ3n) is 3.40. The molecule has 1 heterocycles. The van der Waals surface area contributed by atoms with Gasteiger partial charge in [0, 0.05) is 25.8 Å². The zero-order valence-electron chi connectivity index (χ0n) is 11.9. The molecule has 7 heteroatoms. The van der Waals surface area contributed by atoms with Crippen LogP contribution in [0.1, 0.15) is 6.42 Å². The van der Waals surface area contributed by atoms with Gasteiger partial charge in [0.1, 0.15) is 0 Å². The summed E-state index contributed by atoms with van der Waals surface area (Å²) in [5.74, 6) is -0.134. The molecule has 114 valence electrons. The Balaban J connectivity index is 1.91. The summed E-state index contributed by atoms with van der Waals surface area (Å²) in [4.78, 5) is 27.3. The Morgan fingerprint density at radius 1 is 1.43 bits per heavy atom. The number of likely N-dealkylation sites (N-methyl/N-ethyl adjacent to an activating group) is 1. The first kappa shape index (κ1) is 15.6. The van der Waals surface area contributed by atoms with Crippen LogP contribution in [0.25, 0.3) is 0 Å². The van der Waals surface area contributed by atoms with Gasteiger partial charge in [-0.05, 0) is 24.6 Å². The molecule has 1 saturated heterocycles. The SMILES string of the molecule is CN1CCCN(CC(=O)Nc2ccc(Cl)c(N)c2)CC1=O. The van der Waals surface area contributed by atoms with Crippen LogP contribution in [0, 0.1) is 0 Å². The van der Waals surface area contributed by atoms with Crippen LogP contribution in [-0.4, -0.2) is 54.8 Å². The maximum Gasteiger partial charge on any atom is 0.238 e. The van der Waals surface area contributed by atoms with Crippen molar-refractivity contribution in [1.29, 1.82) is 0 Å². The summed E-state index contributed by atoms with van der Waals surface area (Å²) in [5, 5.41) is 3.21. The molecule has 0 saturated carbocycles. The summed E-state index contributed by atoms with van der Waals surface area (Å²) in [6.45, 7) is 1.91. The van der Waals surface area contributed by atoms with Gasteiger partial charge in [-0.25, -0.2) is 0 Å². The van der Waals surface area contributed by atoms with E-state index < -0.39 is 0 Å². The Kier molecular flexibility index (Phi) is 5.03. The van der Waals surface area contributed by atoms with E-state index in [0.29, 0.717) is 16.4 Å². The Labute approximate surface area is 128 Å². The van der Waals surface area contributed by atoms with E-state index >= 15 is 0 Å². The van der Waals surface area contributed by atoms with Crippen molar-refractivity contribution in [2.45, 2.75) is 6.42 Å². The number of hydrogen-bond donors (Lipinski definition) is 2. The Hall–Kier alpha value is -1.79. The molecule has 0 radical (unpaired) electrons. The van der Waals surface area contributed by atoms with Crippen molar-refractivity contribution in [3.8, 4) is 0 Å². The van der Waals surface area contributed by atoms with Gasteiger partial charge in [0.05, 0.1) is 23.8 Å². The molecule has 0 aromatic heterocycles. The average molecular weight is 311 g/mol. The highest BCUT2D eigenvalue weighted by atomic mass is 35.5. The quantitative estimate of drug-likeness (QED) is 0.817. The zero-order valence-corrected chi connectivity index (χ0v) is 12.7. The summed E-state index contributed by atoms with van der Waals surface area (Å²) >= 11 is 5.83. The van der Waals surface area contributed by atoms with Crippen molar-refractivity contribution in [2.24, 2.45) is 0 Å². The standard InChI is InChI=1S/C14H19ClN4O2/c1-18-5-2-6-19(9-14(18)21)8-13(20)17-10-3-4-11(15)12(16)7-10/h3-4,7H,2,5-6,8-9,16H2,1H3,(H,17,20). The Bertz CT molecular complexity index is 550. The maximum absolute atomic E-state index is 12.0. The fourth-order valence-corrected chi connectivity index (χ4v) is 2.32. The second-order valence-corrected chi connectivity index (χ2v) is 5.57. The van der Waals surface area contributed by atoms with Crippen LogP contribution in [0.5, 0.6) is 0 Å². The summed E-state index contributed by atoms with van der Waals surface area (Å²) in [7, 11) is 1.78. The fourth-order valence-electron chi connectivity index (χ4n) is 2.21. The predicted octanol–water partition coefficient (Wildman–Crippen LogP) is 1.02. The Morgan fingerprint density at radius 3 is 2.90 bits per heavy atom. The van der Waals surface area contributed by atoms with E-state index in [0.717, 1.165) is 19.5 Å². The van der Waals surface area contributed by atoms with Crippen molar-refractivity contribution in [3.05, 3.63) is 23.2 Å². The number of amides is 2. The van der Waals surface area contributed by atoms with Crippen LogP contribution in [0.3, 0.4) is 0 Å². The molecule has 1 aliphatic rings. The zero-order chi connectivity index (χ0) is 15.4. The molecule has 2 amide bonds. The predicted molar refractivity (Wildman–Crippen MR) is 83.2 cm³/mol. The number of carbonyl (C=O) groups is 2. The molecule has 1 aromatic rings. The molecule has 0 bridgehead atoms. The summed E-state index contributed by atoms with van der Waals surface area (Å²) in [5.41, 5.74) is 6.71. The highest BCUT2D eigenvalue weighted by Crippen LogP contribution is 2.22. The first-order valence-electron chi connectivity index (χ1n) is 6.77. The lowest BCUT2D eigenvalue weighted by Crippen LogP contribution is -2.38. The number of halogens is 1. The number of rotatable bonds is 3. The van der Waals surface area contributed by atoms with Crippen LogP contribution < -0.4 is 11.1 Å².